The third kappa shape index (κ3) is 3.06. The summed E-state index contributed by atoms with van der Waals surface area (Å²) in [5.74, 6) is 0.0971. The zero-order valence-electron chi connectivity index (χ0n) is 6.64. The SMILES string of the molecule is OCc1ncoc1CCC(F)(F)F. The topological polar surface area (TPSA) is 46.3 Å². The lowest BCUT2D eigenvalue weighted by molar-refractivity contribution is -0.134. The second-order valence-electron chi connectivity index (χ2n) is 2.50. The highest BCUT2D eigenvalue weighted by atomic mass is 19.4. The summed E-state index contributed by atoms with van der Waals surface area (Å²) in [6, 6.07) is 0. The van der Waals surface area contributed by atoms with Crippen LogP contribution in [0.25, 0.3) is 0 Å². The van der Waals surface area contributed by atoms with E-state index in [2.05, 4.69) is 9.40 Å². The van der Waals surface area contributed by atoms with Gasteiger partial charge in [0, 0.05) is 6.42 Å². The van der Waals surface area contributed by atoms with Gasteiger partial charge >= 0.3 is 6.18 Å². The lowest BCUT2D eigenvalue weighted by Crippen LogP contribution is -2.09. The zero-order valence-corrected chi connectivity index (χ0v) is 6.64. The first-order chi connectivity index (χ1) is 6.03. The fourth-order valence-corrected chi connectivity index (χ4v) is 0.881. The third-order valence-corrected chi connectivity index (χ3v) is 1.51. The van der Waals surface area contributed by atoms with Crippen molar-refractivity contribution >= 4 is 0 Å². The van der Waals surface area contributed by atoms with Crippen LogP contribution in [0, 0.1) is 0 Å². The number of aliphatic hydroxyl groups is 1. The smallest absolute Gasteiger partial charge is 0.389 e. The molecule has 6 heteroatoms. The molecule has 0 fully saturated rings. The Bertz CT molecular complexity index is 269. The summed E-state index contributed by atoms with van der Waals surface area (Å²) in [6.07, 6.45) is -4.43. The Hall–Kier alpha value is -1.04. The second kappa shape index (κ2) is 3.78. The third-order valence-electron chi connectivity index (χ3n) is 1.51. The number of hydrogen-bond acceptors (Lipinski definition) is 3. The molecule has 0 saturated heterocycles. The van der Waals surface area contributed by atoms with Crippen molar-refractivity contribution in [2.45, 2.75) is 25.6 Å². The van der Waals surface area contributed by atoms with Gasteiger partial charge < -0.3 is 9.52 Å². The van der Waals surface area contributed by atoms with Crippen molar-refractivity contribution in [1.29, 1.82) is 0 Å². The van der Waals surface area contributed by atoms with Crippen molar-refractivity contribution in [2.24, 2.45) is 0 Å². The van der Waals surface area contributed by atoms with Gasteiger partial charge in [0.25, 0.3) is 0 Å². The Kier molecular flexibility index (Phi) is 2.92. The first-order valence-electron chi connectivity index (χ1n) is 3.62. The van der Waals surface area contributed by atoms with E-state index >= 15 is 0 Å². The highest BCUT2D eigenvalue weighted by molar-refractivity contribution is 5.05. The number of alkyl halides is 3. The molecule has 1 rings (SSSR count). The van der Waals surface area contributed by atoms with Crippen LogP contribution >= 0.6 is 0 Å². The van der Waals surface area contributed by atoms with Crippen LogP contribution in [0.4, 0.5) is 13.2 Å². The summed E-state index contributed by atoms with van der Waals surface area (Å²) < 4.78 is 40.0. The molecule has 0 spiro atoms. The van der Waals surface area contributed by atoms with E-state index < -0.39 is 19.2 Å². The van der Waals surface area contributed by atoms with Gasteiger partial charge in [-0.25, -0.2) is 4.98 Å². The highest BCUT2D eigenvalue weighted by Gasteiger charge is 2.27. The van der Waals surface area contributed by atoms with Gasteiger partial charge in [0.05, 0.1) is 13.0 Å². The first kappa shape index (κ1) is 10.0. The minimum Gasteiger partial charge on any atom is -0.448 e. The lowest BCUT2D eigenvalue weighted by Gasteiger charge is -2.03. The highest BCUT2D eigenvalue weighted by Crippen LogP contribution is 2.22. The molecule has 0 aliphatic heterocycles. The van der Waals surface area contributed by atoms with Crippen LogP contribution in [0.2, 0.25) is 0 Å². The van der Waals surface area contributed by atoms with Gasteiger partial charge in [-0.05, 0) is 0 Å². The van der Waals surface area contributed by atoms with Crippen molar-refractivity contribution < 1.29 is 22.7 Å². The minimum absolute atomic E-state index is 0.0971. The van der Waals surface area contributed by atoms with Crippen LogP contribution < -0.4 is 0 Å². The second-order valence-corrected chi connectivity index (χ2v) is 2.50. The van der Waals surface area contributed by atoms with Crippen molar-refractivity contribution in [3.05, 3.63) is 17.8 Å². The number of halogens is 3. The Morgan fingerprint density at radius 2 is 2.15 bits per heavy atom. The van der Waals surface area contributed by atoms with Crippen molar-refractivity contribution in [1.82, 2.24) is 4.98 Å². The van der Waals surface area contributed by atoms with E-state index in [0.29, 0.717) is 0 Å². The van der Waals surface area contributed by atoms with E-state index in [1.165, 1.54) is 0 Å². The average molecular weight is 195 g/mol. The Balaban J connectivity index is 2.54. The van der Waals surface area contributed by atoms with E-state index in [0.717, 1.165) is 6.39 Å². The van der Waals surface area contributed by atoms with Crippen LogP contribution in [0.3, 0.4) is 0 Å². The normalized spacial score (nSPS) is 12.0. The number of hydrogen-bond donors (Lipinski definition) is 1. The average Bonchev–Trinajstić information content (AvgIpc) is 2.46. The number of aryl methyl sites for hydroxylation is 1. The summed E-state index contributed by atoms with van der Waals surface area (Å²) in [5, 5.41) is 8.63. The molecule has 1 N–H and O–H groups in total. The molecule has 0 bridgehead atoms. The molecule has 1 aromatic rings. The molecule has 1 aromatic heterocycles. The minimum atomic E-state index is -4.21. The molecule has 1 heterocycles. The maximum absolute atomic E-state index is 11.8. The molecule has 0 amide bonds. The number of nitrogens with zero attached hydrogens (tertiary/aromatic N) is 1. The van der Waals surface area contributed by atoms with E-state index in [1.54, 1.807) is 0 Å². The molecular formula is C7H8F3NO2. The standard InChI is InChI=1S/C7H8F3NO2/c8-7(9,10)2-1-6-5(3-12)11-4-13-6/h4,12H,1-3H2. The molecule has 0 aliphatic carbocycles. The quantitative estimate of drug-likeness (QED) is 0.797. The van der Waals surface area contributed by atoms with E-state index in [1.807, 2.05) is 0 Å². The monoisotopic (exact) mass is 195 g/mol. The van der Waals surface area contributed by atoms with E-state index in [9.17, 15) is 13.2 Å². The van der Waals surface area contributed by atoms with E-state index in [4.69, 9.17) is 5.11 Å². The number of aromatic nitrogens is 1. The largest absolute Gasteiger partial charge is 0.448 e. The molecule has 0 radical (unpaired) electrons. The van der Waals surface area contributed by atoms with Gasteiger partial charge in [0.1, 0.15) is 11.5 Å². The van der Waals surface area contributed by atoms with Crippen molar-refractivity contribution in [3.63, 3.8) is 0 Å². The summed E-state index contributed by atoms with van der Waals surface area (Å²) in [6.45, 7) is -0.399. The molecule has 3 nitrogen and oxygen atoms in total. The number of oxazole rings is 1. The maximum atomic E-state index is 11.8. The van der Waals surface area contributed by atoms with Crippen LogP contribution in [0.5, 0.6) is 0 Å². The van der Waals surface area contributed by atoms with Crippen LogP contribution in [0.15, 0.2) is 10.8 Å². The molecular weight excluding hydrogens is 187 g/mol. The Morgan fingerprint density at radius 1 is 1.46 bits per heavy atom. The lowest BCUT2D eigenvalue weighted by atomic mass is 10.2. The van der Waals surface area contributed by atoms with Crippen LogP contribution in [-0.2, 0) is 13.0 Å². The van der Waals surface area contributed by atoms with Crippen LogP contribution in [-0.4, -0.2) is 16.3 Å². The van der Waals surface area contributed by atoms with Gasteiger partial charge in [-0.2, -0.15) is 13.2 Å². The molecule has 13 heavy (non-hydrogen) atoms. The molecule has 0 aromatic carbocycles. The van der Waals surface area contributed by atoms with Gasteiger partial charge in [-0.1, -0.05) is 0 Å². The summed E-state index contributed by atoms with van der Waals surface area (Å²) >= 11 is 0. The molecule has 0 saturated carbocycles. The zero-order chi connectivity index (χ0) is 9.90. The maximum Gasteiger partial charge on any atom is 0.389 e. The molecule has 74 valence electrons. The fourth-order valence-electron chi connectivity index (χ4n) is 0.881. The van der Waals surface area contributed by atoms with Crippen molar-refractivity contribution in [2.75, 3.05) is 0 Å². The predicted octanol–water partition coefficient (Wildman–Crippen LogP) is 1.66. The van der Waals surface area contributed by atoms with Gasteiger partial charge in [0.15, 0.2) is 6.39 Å². The molecule has 0 unspecified atom stereocenters. The Morgan fingerprint density at radius 3 is 2.69 bits per heavy atom. The number of aliphatic hydroxyl groups excluding tert-OH is 1. The number of rotatable bonds is 3. The summed E-state index contributed by atoms with van der Waals surface area (Å²) in [5.41, 5.74) is 0.171. The first-order valence-corrected chi connectivity index (χ1v) is 3.62. The van der Waals surface area contributed by atoms with Gasteiger partial charge in [-0.3, -0.25) is 0 Å². The summed E-state index contributed by atoms with van der Waals surface area (Å²) in [4.78, 5) is 3.55. The summed E-state index contributed by atoms with van der Waals surface area (Å²) in [7, 11) is 0. The van der Waals surface area contributed by atoms with Gasteiger partial charge in [0.2, 0.25) is 0 Å². The Labute approximate surface area is 72.2 Å². The molecule has 0 aliphatic rings. The van der Waals surface area contributed by atoms with E-state index in [-0.39, 0.29) is 17.9 Å². The predicted molar refractivity (Wildman–Crippen MR) is 36.8 cm³/mol. The molecule has 0 atom stereocenters. The van der Waals surface area contributed by atoms with Crippen molar-refractivity contribution in [3.8, 4) is 0 Å². The van der Waals surface area contributed by atoms with Gasteiger partial charge in [-0.15, -0.1) is 0 Å². The fraction of sp³-hybridized carbons (Fsp3) is 0.571. The van der Waals surface area contributed by atoms with Crippen LogP contribution in [0.1, 0.15) is 17.9 Å².